The van der Waals surface area contributed by atoms with Gasteiger partial charge in [-0.25, -0.2) is 9.18 Å². The number of nitrogens with one attached hydrogen (secondary N) is 1. The quantitative estimate of drug-likeness (QED) is 0.560. The number of cyclic esters (lactones) is 1. The number of halogens is 1. The Balaban J connectivity index is 1.11. The van der Waals surface area contributed by atoms with E-state index in [9.17, 15) is 9.59 Å². The number of hydrogen-bond acceptors (Lipinski definition) is 10. The van der Waals surface area contributed by atoms with Gasteiger partial charge in [0.25, 0.3) is 5.91 Å². The number of likely N-dealkylation sites (tertiary alicyclic amines) is 1. The fraction of sp³-hybridized carbons (Fsp3) is 0.565. The van der Waals surface area contributed by atoms with Crippen LogP contribution in [0, 0.1) is 5.82 Å². The van der Waals surface area contributed by atoms with E-state index in [4.69, 9.17) is 19.0 Å². The first kappa shape index (κ1) is 23.8. The lowest BCUT2D eigenvalue weighted by Gasteiger charge is -2.36. The third-order valence-electron chi connectivity index (χ3n) is 7.10. The Labute approximate surface area is 212 Å². The van der Waals surface area contributed by atoms with E-state index in [0.717, 1.165) is 6.42 Å². The number of hydrogen-bond donors (Lipinski definition) is 1. The number of carbonyl (C=O) groups excluding carboxylic acids is 2. The third-order valence-corrected chi connectivity index (χ3v) is 7.64. The molecule has 0 saturated carbocycles. The number of carbonyl (C=O) groups is 2. The SMILES string of the molecule is CC1(C)OC[C@@H](C(=O)N2CC3CC2CN3c2ccc(N3C(=O)OCC3CON3C=CSN3)cc2F)O1. The van der Waals surface area contributed by atoms with E-state index in [0.29, 0.717) is 24.5 Å². The minimum absolute atomic E-state index is 0.00427. The molecule has 4 atom stereocenters. The minimum atomic E-state index is -0.760. The van der Waals surface area contributed by atoms with Gasteiger partial charge in [-0.1, -0.05) is 0 Å². The fourth-order valence-corrected chi connectivity index (χ4v) is 5.89. The van der Waals surface area contributed by atoms with Crippen molar-refractivity contribution in [1.82, 2.24) is 14.9 Å². The molecule has 1 N–H and O–H groups in total. The van der Waals surface area contributed by atoms with E-state index >= 15 is 4.39 Å². The van der Waals surface area contributed by atoms with Gasteiger partial charge in [0.2, 0.25) is 0 Å². The largest absolute Gasteiger partial charge is 0.447 e. The van der Waals surface area contributed by atoms with Gasteiger partial charge in [0.05, 0.1) is 30.2 Å². The highest BCUT2D eigenvalue weighted by molar-refractivity contribution is 8.00. The lowest BCUT2D eigenvalue weighted by molar-refractivity contribution is -0.160. The molecule has 13 heteroatoms. The number of fused-ring (bicyclic) bond motifs is 2. The molecule has 0 aromatic heterocycles. The maximum atomic E-state index is 15.4. The number of piperazine rings is 1. The molecule has 3 unspecified atom stereocenters. The third kappa shape index (κ3) is 4.28. The van der Waals surface area contributed by atoms with Crippen LogP contribution in [0.4, 0.5) is 20.6 Å². The maximum absolute atomic E-state index is 15.4. The van der Waals surface area contributed by atoms with Crippen LogP contribution in [0.15, 0.2) is 29.8 Å². The van der Waals surface area contributed by atoms with Crippen LogP contribution in [0.3, 0.4) is 0 Å². The van der Waals surface area contributed by atoms with Crippen molar-refractivity contribution in [2.45, 2.75) is 50.3 Å². The molecule has 194 valence electrons. The van der Waals surface area contributed by atoms with Crippen molar-refractivity contribution < 1.29 is 33.0 Å². The summed E-state index contributed by atoms with van der Waals surface area (Å²) in [5.74, 6) is -1.25. The molecule has 2 amide bonds. The first-order valence-electron chi connectivity index (χ1n) is 11.9. The van der Waals surface area contributed by atoms with Gasteiger partial charge < -0.3 is 24.0 Å². The Kier molecular flexibility index (Phi) is 5.99. The molecule has 5 heterocycles. The maximum Gasteiger partial charge on any atom is 0.414 e. The zero-order chi connectivity index (χ0) is 25.0. The Morgan fingerprint density at radius 1 is 1.28 bits per heavy atom. The predicted molar refractivity (Wildman–Crippen MR) is 128 cm³/mol. The summed E-state index contributed by atoms with van der Waals surface area (Å²) in [7, 11) is 0. The van der Waals surface area contributed by atoms with Gasteiger partial charge in [-0.3, -0.25) is 14.5 Å². The molecule has 1 aromatic rings. The van der Waals surface area contributed by atoms with Crippen molar-refractivity contribution in [3.05, 3.63) is 35.6 Å². The number of amides is 2. The van der Waals surface area contributed by atoms with Gasteiger partial charge in [0, 0.05) is 24.5 Å². The van der Waals surface area contributed by atoms with Crippen molar-refractivity contribution in [1.29, 1.82) is 0 Å². The zero-order valence-electron chi connectivity index (χ0n) is 20.0. The van der Waals surface area contributed by atoms with Crippen LogP contribution in [0.1, 0.15) is 20.3 Å². The normalized spacial score (nSPS) is 30.7. The molecule has 0 aliphatic carbocycles. The highest BCUT2D eigenvalue weighted by Crippen LogP contribution is 2.38. The fourth-order valence-electron chi connectivity index (χ4n) is 5.44. The van der Waals surface area contributed by atoms with Crippen molar-refractivity contribution in [2.75, 3.05) is 42.7 Å². The number of ether oxygens (including phenoxy) is 3. The van der Waals surface area contributed by atoms with Gasteiger partial charge in [0.1, 0.15) is 25.1 Å². The van der Waals surface area contributed by atoms with Crippen molar-refractivity contribution in [2.24, 2.45) is 0 Å². The predicted octanol–water partition coefficient (Wildman–Crippen LogP) is 1.96. The van der Waals surface area contributed by atoms with Gasteiger partial charge in [-0.05, 0) is 50.4 Å². The van der Waals surface area contributed by atoms with Crippen LogP contribution in [0.25, 0.3) is 0 Å². The number of anilines is 2. The number of nitrogens with zero attached hydrogens (tertiary/aromatic N) is 4. The highest BCUT2D eigenvalue weighted by atomic mass is 32.2. The molecule has 6 rings (SSSR count). The van der Waals surface area contributed by atoms with Crippen LogP contribution in [0.5, 0.6) is 0 Å². The van der Waals surface area contributed by atoms with Crippen LogP contribution >= 0.6 is 11.9 Å². The molecular weight excluding hydrogens is 493 g/mol. The molecule has 5 aliphatic rings. The molecule has 1 aromatic carbocycles. The van der Waals surface area contributed by atoms with E-state index in [1.165, 1.54) is 28.1 Å². The van der Waals surface area contributed by atoms with E-state index in [2.05, 4.69) is 4.83 Å². The van der Waals surface area contributed by atoms with Crippen LogP contribution in [-0.2, 0) is 23.8 Å². The summed E-state index contributed by atoms with van der Waals surface area (Å²) in [5.41, 5.74) is 0.873. The Morgan fingerprint density at radius 3 is 2.81 bits per heavy atom. The van der Waals surface area contributed by atoms with E-state index in [1.54, 1.807) is 32.2 Å². The second-order valence-electron chi connectivity index (χ2n) is 9.86. The number of benzene rings is 1. The van der Waals surface area contributed by atoms with Crippen LogP contribution in [-0.4, -0.2) is 85.0 Å². The monoisotopic (exact) mass is 521 g/mol. The average Bonchev–Trinajstić information content (AvgIpc) is 3.66. The molecule has 2 bridgehead atoms. The van der Waals surface area contributed by atoms with E-state index < -0.39 is 29.8 Å². The summed E-state index contributed by atoms with van der Waals surface area (Å²) < 4.78 is 31.8. The average molecular weight is 522 g/mol. The second kappa shape index (κ2) is 9.06. The van der Waals surface area contributed by atoms with E-state index in [-0.39, 0.29) is 37.8 Å². The molecular formula is C23H28FN5O6S. The Bertz CT molecular complexity index is 1090. The topological polar surface area (TPSA) is 96.1 Å². The summed E-state index contributed by atoms with van der Waals surface area (Å²) in [6, 6.07) is 4.40. The molecule has 0 radical (unpaired) electrons. The number of hydrazine groups is 1. The Hall–Kier alpha value is -2.58. The first-order chi connectivity index (χ1) is 17.3. The zero-order valence-corrected chi connectivity index (χ0v) is 20.8. The number of rotatable bonds is 6. The number of hydroxylamine groups is 1. The van der Waals surface area contributed by atoms with Crippen LogP contribution in [0.2, 0.25) is 0 Å². The summed E-state index contributed by atoms with van der Waals surface area (Å²) in [6.07, 6.45) is 1.36. The molecule has 5 aliphatic heterocycles. The lowest BCUT2D eigenvalue weighted by Crippen LogP contribution is -2.52. The van der Waals surface area contributed by atoms with Crippen molar-refractivity contribution >= 4 is 35.3 Å². The van der Waals surface area contributed by atoms with Gasteiger partial charge in [-0.2, -0.15) is 5.17 Å². The molecule has 11 nitrogen and oxygen atoms in total. The molecule has 0 spiro atoms. The van der Waals surface area contributed by atoms with Crippen LogP contribution < -0.4 is 14.6 Å². The molecule has 4 saturated heterocycles. The molecule has 36 heavy (non-hydrogen) atoms. The minimum Gasteiger partial charge on any atom is -0.447 e. The summed E-state index contributed by atoms with van der Waals surface area (Å²) in [4.78, 5) is 39.2. The van der Waals surface area contributed by atoms with Gasteiger partial charge in [-0.15, -0.1) is 4.83 Å². The van der Waals surface area contributed by atoms with Crippen molar-refractivity contribution in [3.63, 3.8) is 0 Å². The summed E-state index contributed by atoms with van der Waals surface area (Å²) >= 11 is 1.36. The summed E-state index contributed by atoms with van der Waals surface area (Å²) in [5, 5.41) is 3.26. The lowest BCUT2D eigenvalue weighted by atomic mass is 10.2. The highest BCUT2D eigenvalue weighted by Gasteiger charge is 2.49. The Morgan fingerprint density at radius 2 is 2.14 bits per heavy atom. The first-order valence-corrected chi connectivity index (χ1v) is 12.8. The van der Waals surface area contributed by atoms with Gasteiger partial charge in [0.15, 0.2) is 11.9 Å². The summed E-state index contributed by atoms with van der Waals surface area (Å²) in [6.45, 7) is 5.22. The van der Waals surface area contributed by atoms with E-state index in [1.807, 2.05) is 15.2 Å². The second-order valence-corrected chi connectivity index (χ2v) is 10.5. The van der Waals surface area contributed by atoms with Crippen molar-refractivity contribution in [3.8, 4) is 0 Å². The van der Waals surface area contributed by atoms with Gasteiger partial charge >= 0.3 is 6.09 Å². The smallest absolute Gasteiger partial charge is 0.414 e. The standard InChI is InChI=1S/C23H28FN5O6S/c1-23(2)33-13-20(35-23)21(30)27-10-15-7-16(27)9-26(15)19-4-3-14(8-18(19)24)29-17(11-32-22(29)31)12-34-28-5-6-36-25-28/h3-6,8,15-17,20,25H,7,9-13H2,1-2H3/t15?,16?,17?,20-/m0/s1. The molecule has 4 fully saturated rings.